The third-order valence-corrected chi connectivity index (χ3v) is 6.48. The van der Waals surface area contributed by atoms with E-state index in [4.69, 9.17) is 14.7 Å². The van der Waals surface area contributed by atoms with Gasteiger partial charge in [-0.3, -0.25) is 4.79 Å². The quantitative estimate of drug-likeness (QED) is 0.169. The number of ether oxygens (including phenoxy) is 1. The van der Waals surface area contributed by atoms with Gasteiger partial charge in [-0.1, -0.05) is 84.6 Å². The maximum Gasteiger partial charge on any atom is 0.251 e. The largest absolute Gasteiger partial charge is 0.383 e. The molecule has 0 spiro atoms. The summed E-state index contributed by atoms with van der Waals surface area (Å²) in [6.45, 7) is 1.71. The van der Waals surface area contributed by atoms with Crippen LogP contribution in [0.1, 0.15) is 21.5 Å². The fourth-order valence-electron chi connectivity index (χ4n) is 3.69. The number of rotatable bonds is 11. The topological polar surface area (TPSA) is 67.3 Å². The zero-order valence-electron chi connectivity index (χ0n) is 20.6. The van der Waals surface area contributed by atoms with Gasteiger partial charge in [-0.25, -0.2) is 9.97 Å². The summed E-state index contributed by atoms with van der Waals surface area (Å²) in [7, 11) is 3.66. The summed E-state index contributed by atoms with van der Waals surface area (Å²) < 4.78 is 5.01. The van der Waals surface area contributed by atoms with Crippen molar-refractivity contribution in [2.24, 2.45) is 0 Å². The predicted molar refractivity (Wildman–Crippen MR) is 146 cm³/mol. The Kier molecular flexibility index (Phi) is 9.08. The zero-order chi connectivity index (χ0) is 25.2. The van der Waals surface area contributed by atoms with Crippen LogP contribution in [0.4, 0.5) is 5.82 Å². The van der Waals surface area contributed by atoms with Crippen LogP contribution in [0.15, 0.2) is 96.2 Å². The Morgan fingerprint density at radius 1 is 0.917 bits per heavy atom. The van der Waals surface area contributed by atoms with E-state index in [1.165, 1.54) is 5.56 Å². The van der Waals surface area contributed by atoms with E-state index in [1.54, 1.807) is 18.9 Å². The summed E-state index contributed by atoms with van der Waals surface area (Å²) in [4.78, 5) is 24.3. The molecule has 4 aromatic rings. The molecular weight excluding hydrogens is 468 g/mol. The van der Waals surface area contributed by atoms with E-state index in [0.29, 0.717) is 29.6 Å². The van der Waals surface area contributed by atoms with E-state index < -0.39 is 0 Å². The number of nitrogens with zero attached hydrogens (tertiary/aromatic N) is 3. The van der Waals surface area contributed by atoms with Gasteiger partial charge < -0.3 is 15.0 Å². The van der Waals surface area contributed by atoms with Gasteiger partial charge in [-0.2, -0.15) is 0 Å². The molecule has 7 heteroatoms. The maximum atomic E-state index is 12.4. The number of thioether (sulfide) groups is 1. The highest BCUT2D eigenvalue weighted by Gasteiger charge is 2.12. The number of carbonyl (C=O) groups excluding carboxylic acids is 1. The molecule has 0 aliphatic rings. The van der Waals surface area contributed by atoms with Crippen molar-refractivity contribution in [3.63, 3.8) is 0 Å². The number of hydrogen-bond donors (Lipinski definition) is 1. The Bertz CT molecular complexity index is 1270. The normalized spacial score (nSPS) is 10.7. The first-order chi connectivity index (χ1) is 17.6. The summed E-state index contributed by atoms with van der Waals surface area (Å²) in [5.41, 5.74) is 4.81. The Morgan fingerprint density at radius 2 is 1.64 bits per heavy atom. The van der Waals surface area contributed by atoms with E-state index in [0.717, 1.165) is 29.2 Å². The van der Waals surface area contributed by atoms with Gasteiger partial charge in [0, 0.05) is 50.2 Å². The van der Waals surface area contributed by atoms with Gasteiger partial charge in [-0.05, 0) is 23.3 Å². The SMILES string of the molecule is COCCNC(=O)c1cccc(CSc2nc(-c3ccccc3)cc(N(C)Cc3ccccc3)n2)c1. The van der Waals surface area contributed by atoms with Crippen molar-refractivity contribution in [1.82, 2.24) is 15.3 Å². The minimum Gasteiger partial charge on any atom is -0.383 e. The Labute approximate surface area is 216 Å². The molecule has 0 unspecified atom stereocenters. The van der Waals surface area contributed by atoms with E-state index in [1.807, 2.05) is 73.8 Å². The van der Waals surface area contributed by atoms with Gasteiger partial charge >= 0.3 is 0 Å². The van der Waals surface area contributed by atoms with Gasteiger partial charge in [0.25, 0.3) is 5.91 Å². The summed E-state index contributed by atoms with van der Waals surface area (Å²) >= 11 is 1.56. The average Bonchev–Trinajstić information content (AvgIpc) is 2.93. The van der Waals surface area contributed by atoms with Gasteiger partial charge in [0.15, 0.2) is 5.16 Å². The second-order valence-corrected chi connectivity index (χ2v) is 9.28. The summed E-state index contributed by atoms with van der Waals surface area (Å²) in [5.74, 6) is 1.41. The standard InChI is InChI=1S/C29H30N4O2S/c1-33(20-22-10-5-3-6-11-22)27-19-26(24-13-7-4-8-14-24)31-29(32-27)36-21-23-12-9-15-25(18-23)28(34)30-16-17-35-2/h3-15,18-19H,16-17,20-21H2,1-2H3,(H,30,34). The number of benzene rings is 3. The highest BCUT2D eigenvalue weighted by molar-refractivity contribution is 7.98. The minimum atomic E-state index is -0.106. The Hall–Kier alpha value is -3.68. The number of nitrogens with one attached hydrogen (secondary N) is 1. The number of amides is 1. The number of anilines is 1. The number of carbonyl (C=O) groups is 1. The van der Waals surface area contributed by atoms with Crippen LogP contribution in [0.3, 0.4) is 0 Å². The average molecular weight is 499 g/mol. The molecule has 3 aromatic carbocycles. The molecule has 0 saturated carbocycles. The molecule has 36 heavy (non-hydrogen) atoms. The van der Waals surface area contributed by atoms with Gasteiger partial charge in [0.05, 0.1) is 12.3 Å². The van der Waals surface area contributed by atoms with Crippen LogP contribution in [-0.4, -0.2) is 43.2 Å². The molecule has 0 aliphatic heterocycles. The molecular formula is C29H30N4O2S. The number of hydrogen-bond acceptors (Lipinski definition) is 6. The molecule has 1 N–H and O–H groups in total. The first kappa shape index (κ1) is 25.4. The van der Waals surface area contributed by atoms with Crippen LogP contribution in [-0.2, 0) is 17.0 Å². The van der Waals surface area contributed by atoms with Crippen LogP contribution in [0.5, 0.6) is 0 Å². The van der Waals surface area contributed by atoms with Crippen molar-refractivity contribution in [2.75, 3.05) is 32.2 Å². The number of methoxy groups -OCH3 is 1. The lowest BCUT2D eigenvalue weighted by Crippen LogP contribution is -2.26. The lowest BCUT2D eigenvalue weighted by Gasteiger charge is -2.20. The van der Waals surface area contributed by atoms with Gasteiger partial charge in [0.2, 0.25) is 0 Å². The van der Waals surface area contributed by atoms with Crippen LogP contribution >= 0.6 is 11.8 Å². The van der Waals surface area contributed by atoms with Crippen molar-refractivity contribution in [3.05, 3.63) is 108 Å². The monoisotopic (exact) mass is 498 g/mol. The molecule has 0 fully saturated rings. The number of aromatic nitrogens is 2. The summed E-state index contributed by atoms with van der Waals surface area (Å²) in [5, 5.41) is 3.56. The molecule has 1 aromatic heterocycles. The zero-order valence-corrected chi connectivity index (χ0v) is 21.4. The Morgan fingerprint density at radius 3 is 2.39 bits per heavy atom. The maximum absolute atomic E-state index is 12.4. The van der Waals surface area contributed by atoms with Crippen LogP contribution in [0.2, 0.25) is 0 Å². The lowest BCUT2D eigenvalue weighted by molar-refractivity contribution is 0.0937. The van der Waals surface area contributed by atoms with Crippen LogP contribution in [0, 0.1) is 0 Å². The molecule has 1 heterocycles. The molecule has 6 nitrogen and oxygen atoms in total. The minimum absolute atomic E-state index is 0.106. The molecule has 0 radical (unpaired) electrons. The summed E-state index contributed by atoms with van der Waals surface area (Å²) in [6, 6.07) is 30.2. The highest BCUT2D eigenvalue weighted by atomic mass is 32.2. The molecule has 1 amide bonds. The first-order valence-corrected chi connectivity index (χ1v) is 12.8. The molecule has 0 aliphatic carbocycles. The molecule has 0 saturated heterocycles. The van der Waals surface area contributed by atoms with Crippen molar-refractivity contribution < 1.29 is 9.53 Å². The van der Waals surface area contributed by atoms with Crippen LogP contribution in [0.25, 0.3) is 11.3 Å². The lowest BCUT2D eigenvalue weighted by atomic mass is 10.1. The Balaban J connectivity index is 1.53. The fourth-order valence-corrected chi connectivity index (χ4v) is 4.48. The van der Waals surface area contributed by atoms with E-state index in [2.05, 4.69) is 34.5 Å². The fraction of sp³-hybridized carbons (Fsp3) is 0.207. The van der Waals surface area contributed by atoms with E-state index in [-0.39, 0.29) is 5.91 Å². The first-order valence-electron chi connectivity index (χ1n) is 11.8. The van der Waals surface area contributed by atoms with Gasteiger partial charge in [-0.15, -0.1) is 0 Å². The predicted octanol–water partition coefficient (Wildman–Crippen LogP) is 5.45. The molecule has 4 rings (SSSR count). The smallest absolute Gasteiger partial charge is 0.251 e. The van der Waals surface area contributed by atoms with Crippen molar-refractivity contribution in [2.45, 2.75) is 17.5 Å². The second kappa shape index (κ2) is 12.9. The van der Waals surface area contributed by atoms with E-state index >= 15 is 0 Å². The van der Waals surface area contributed by atoms with E-state index in [9.17, 15) is 4.79 Å². The third-order valence-electron chi connectivity index (χ3n) is 5.56. The molecule has 0 atom stereocenters. The third kappa shape index (κ3) is 7.16. The highest BCUT2D eigenvalue weighted by Crippen LogP contribution is 2.28. The summed E-state index contributed by atoms with van der Waals surface area (Å²) in [6.07, 6.45) is 0. The second-order valence-electron chi connectivity index (χ2n) is 8.34. The van der Waals surface area contributed by atoms with Gasteiger partial charge in [0.1, 0.15) is 5.82 Å². The molecule has 0 bridgehead atoms. The molecule has 184 valence electrons. The van der Waals surface area contributed by atoms with Crippen molar-refractivity contribution >= 4 is 23.5 Å². The van der Waals surface area contributed by atoms with Crippen molar-refractivity contribution in [1.29, 1.82) is 0 Å². The van der Waals surface area contributed by atoms with Crippen molar-refractivity contribution in [3.8, 4) is 11.3 Å². The van der Waals surface area contributed by atoms with Crippen LogP contribution < -0.4 is 10.2 Å².